The fourth-order valence-corrected chi connectivity index (χ4v) is 5.84. The average Bonchev–Trinajstić information content (AvgIpc) is 2.92. The molecule has 1 amide bonds. The Hall–Kier alpha value is -1.61. The minimum Gasteiger partial charge on any atom is -0.388 e. The van der Waals surface area contributed by atoms with Gasteiger partial charge in [-0.2, -0.15) is 0 Å². The molecule has 0 aromatic carbocycles. The van der Waals surface area contributed by atoms with Gasteiger partial charge in [-0.1, -0.05) is 0 Å². The van der Waals surface area contributed by atoms with Crippen molar-refractivity contribution in [2.75, 3.05) is 40.0 Å². The largest absolute Gasteiger partial charge is 0.388 e. The van der Waals surface area contributed by atoms with E-state index in [9.17, 15) is 29.6 Å². The van der Waals surface area contributed by atoms with E-state index in [0.29, 0.717) is 12.8 Å². The van der Waals surface area contributed by atoms with E-state index in [1.807, 2.05) is 0 Å². The molecule has 3 saturated heterocycles. The van der Waals surface area contributed by atoms with Gasteiger partial charge < -0.3 is 72.5 Å². The van der Waals surface area contributed by atoms with Gasteiger partial charge in [0.15, 0.2) is 18.2 Å². The number of rotatable bonds is 10. The Balaban J connectivity index is 1.51. The van der Waals surface area contributed by atoms with Crippen LogP contribution in [0.2, 0.25) is 0 Å². The number of halogens is 1. The number of likely N-dealkylation sites (N-methyl/N-ethyl adjacent to an activating group) is 1. The molecule has 13 N–H and O–H groups in total. The Morgan fingerprint density at radius 3 is 2.43 bits per heavy atom. The maximum atomic E-state index is 12.9. The Kier molecular flexibility index (Phi) is 10.8. The molecule has 42 heavy (non-hydrogen) atoms. The van der Waals surface area contributed by atoms with E-state index in [2.05, 4.69) is 20.9 Å². The molecule has 4 rings (SSSR count). The first-order chi connectivity index (χ1) is 19.8. The van der Waals surface area contributed by atoms with Crippen LogP contribution in [0.4, 0.5) is 4.39 Å². The van der Waals surface area contributed by atoms with E-state index in [0.717, 1.165) is 0 Å². The number of alkyl halides is 1. The predicted molar refractivity (Wildman–Crippen MR) is 146 cm³/mol. The van der Waals surface area contributed by atoms with Gasteiger partial charge in [0.1, 0.15) is 42.5 Å². The predicted octanol–water partition coefficient (Wildman–Crippen LogP) is -5.12. The first kappa shape index (κ1) is 33.3. The van der Waals surface area contributed by atoms with Gasteiger partial charge >= 0.3 is 0 Å². The summed E-state index contributed by atoms with van der Waals surface area (Å²) in [6.07, 6.45) is -6.81. The molecule has 1 aliphatic carbocycles. The topological polar surface area (TPSA) is 261 Å². The Bertz CT molecular complexity index is 961. The molecular formula is C25H46FN7O9. The SMILES string of the molecule is CNC1C(O)C(OC2C(NC(=O)C3(O)CNC3)CC(N)C(OC3OC(CN=C(N)CF)CCC3N)C2O)OCC1(C)O. The van der Waals surface area contributed by atoms with Crippen LogP contribution < -0.4 is 33.2 Å². The van der Waals surface area contributed by atoms with Crippen LogP contribution in [-0.2, 0) is 23.7 Å². The third-order valence-electron chi connectivity index (χ3n) is 8.45. The number of amides is 1. The molecular weight excluding hydrogens is 561 g/mol. The van der Waals surface area contributed by atoms with E-state index in [1.54, 1.807) is 7.05 Å². The lowest BCUT2D eigenvalue weighted by Gasteiger charge is -2.49. The molecule has 1 saturated carbocycles. The van der Waals surface area contributed by atoms with Crippen molar-refractivity contribution in [1.29, 1.82) is 0 Å². The summed E-state index contributed by atoms with van der Waals surface area (Å²) in [5.41, 5.74) is 15.1. The highest BCUT2D eigenvalue weighted by molar-refractivity contribution is 5.87. The lowest BCUT2D eigenvalue weighted by molar-refractivity contribution is -0.307. The van der Waals surface area contributed by atoms with Crippen LogP contribution in [0.5, 0.6) is 0 Å². The molecule has 12 atom stereocenters. The van der Waals surface area contributed by atoms with Crippen LogP contribution in [-0.4, -0.2) is 151 Å². The van der Waals surface area contributed by atoms with Crippen LogP contribution >= 0.6 is 0 Å². The number of carbonyl (C=O) groups is 1. The zero-order valence-corrected chi connectivity index (χ0v) is 23.9. The molecule has 17 heteroatoms. The first-order valence-corrected chi connectivity index (χ1v) is 14.2. The van der Waals surface area contributed by atoms with E-state index in [4.69, 9.17) is 36.1 Å². The molecule has 4 aliphatic rings. The van der Waals surface area contributed by atoms with Gasteiger partial charge in [0.25, 0.3) is 5.91 Å². The number of aliphatic imine (C=N–C) groups is 1. The zero-order chi connectivity index (χ0) is 30.8. The molecule has 3 aliphatic heterocycles. The number of aliphatic hydroxyl groups is 4. The summed E-state index contributed by atoms with van der Waals surface area (Å²) >= 11 is 0. The molecule has 0 spiro atoms. The Morgan fingerprint density at radius 1 is 1.12 bits per heavy atom. The van der Waals surface area contributed by atoms with Gasteiger partial charge in [-0.05, 0) is 33.2 Å². The minimum absolute atomic E-state index is 0.0555. The monoisotopic (exact) mass is 607 g/mol. The number of nitrogens with one attached hydrogen (secondary N) is 3. The highest BCUT2D eigenvalue weighted by atomic mass is 19.1. The molecule has 0 aromatic rings. The Morgan fingerprint density at radius 2 is 1.81 bits per heavy atom. The number of β-amino-alcohol motifs (C(OH)–C–C–N with tert-alkyl or cyclic N) is 1. The second-order valence-corrected chi connectivity index (χ2v) is 11.9. The maximum absolute atomic E-state index is 12.9. The second kappa shape index (κ2) is 13.6. The number of amidine groups is 1. The minimum atomic E-state index is -1.63. The van der Waals surface area contributed by atoms with E-state index in [-0.39, 0.29) is 38.5 Å². The second-order valence-electron chi connectivity index (χ2n) is 11.9. The van der Waals surface area contributed by atoms with Gasteiger partial charge in [-0.3, -0.25) is 9.79 Å². The first-order valence-electron chi connectivity index (χ1n) is 14.2. The number of nitrogens with zero attached hydrogens (tertiary/aromatic N) is 1. The summed E-state index contributed by atoms with van der Waals surface area (Å²) < 4.78 is 36.5. The van der Waals surface area contributed by atoms with E-state index in [1.165, 1.54) is 6.92 Å². The fourth-order valence-electron chi connectivity index (χ4n) is 5.84. The van der Waals surface area contributed by atoms with Crippen LogP contribution in [0.1, 0.15) is 26.2 Å². The highest BCUT2D eigenvalue weighted by Crippen LogP contribution is 2.32. The lowest BCUT2D eigenvalue weighted by atomic mass is 9.82. The third kappa shape index (κ3) is 7.19. The van der Waals surface area contributed by atoms with Crippen molar-refractivity contribution in [2.45, 2.75) is 105 Å². The molecule has 16 nitrogen and oxygen atoms in total. The normalized spacial score (nSPS) is 44.3. The highest BCUT2D eigenvalue weighted by Gasteiger charge is 2.53. The van der Waals surface area contributed by atoms with E-state index < -0.39 is 91.1 Å². The van der Waals surface area contributed by atoms with Crippen molar-refractivity contribution < 1.29 is 48.6 Å². The molecule has 242 valence electrons. The molecule has 0 radical (unpaired) electrons. The van der Waals surface area contributed by atoms with Crippen molar-refractivity contribution in [3.8, 4) is 0 Å². The summed E-state index contributed by atoms with van der Waals surface area (Å²) in [6, 6.07) is -3.15. The smallest absolute Gasteiger partial charge is 0.254 e. The average molecular weight is 608 g/mol. The van der Waals surface area contributed by atoms with E-state index >= 15 is 0 Å². The maximum Gasteiger partial charge on any atom is 0.254 e. The van der Waals surface area contributed by atoms with Crippen LogP contribution in [0.15, 0.2) is 4.99 Å². The number of carbonyl (C=O) groups excluding carboxylic acids is 1. The van der Waals surface area contributed by atoms with Crippen molar-refractivity contribution in [1.82, 2.24) is 16.0 Å². The Labute approximate surface area is 243 Å². The summed E-state index contributed by atoms with van der Waals surface area (Å²) in [5.74, 6) is -0.825. The number of ether oxygens (including phenoxy) is 4. The standard InChI is InChI=1S/C25H46FN7O9/c1-24(37)10-39-22(17(35)20(24)30-2)42-19-14(33-23(36)25(38)8-31-9-25)5-13(28)18(16(19)34)41-21-12(27)4-3-11(40-21)7-32-15(29)6-26/h11-14,16-22,30-31,34-35,37-38H,3-10,27-28H2,1-2H3,(H2,29,32)(H,33,36). The quantitative estimate of drug-likeness (QED) is 0.0823. The zero-order valence-electron chi connectivity index (χ0n) is 23.9. The summed E-state index contributed by atoms with van der Waals surface area (Å²) in [6.45, 7) is 0.646. The number of hydrogen-bond acceptors (Lipinski definition) is 14. The van der Waals surface area contributed by atoms with Gasteiger partial charge in [0, 0.05) is 19.1 Å². The summed E-state index contributed by atoms with van der Waals surface area (Å²) in [4.78, 5) is 16.9. The molecule has 3 heterocycles. The van der Waals surface area contributed by atoms with Crippen LogP contribution in [0.25, 0.3) is 0 Å². The van der Waals surface area contributed by atoms with Gasteiger partial charge in [-0.15, -0.1) is 0 Å². The van der Waals surface area contributed by atoms with Crippen LogP contribution in [0, 0.1) is 0 Å². The van der Waals surface area contributed by atoms with Gasteiger partial charge in [0.05, 0.1) is 37.4 Å². The van der Waals surface area contributed by atoms with Gasteiger partial charge in [0.2, 0.25) is 0 Å². The molecule has 4 fully saturated rings. The molecule has 0 bridgehead atoms. The van der Waals surface area contributed by atoms with Crippen LogP contribution in [0.3, 0.4) is 0 Å². The van der Waals surface area contributed by atoms with Crippen molar-refractivity contribution in [2.24, 2.45) is 22.2 Å². The van der Waals surface area contributed by atoms with Gasteiger partial charge in [-0.25, -0.2) is 4.39 Å². The van der Waals surface area contributed by atoms with Crippen molar-refractivity contribution in [3.05, 3.63) is 0 Å². The summed E-state index contributed by atoms with van der Waals surface area (Å²) in [7, 11) is 1.57. The van der Waals surface area contributed by atoms with Crippen molar-refractivity contribution in [3.63, 3.8) is 0 Å². The molecule has 0 aromatic heterocycles. The third-order valence-corrected chi connectivity index (χ3v) is 8.45. The number of nitrogens with two attached hydrogens (primary N) is 3. The lowest BCUT2D eigenvalue weighted by Crippen LogP contribution is -2.72. The molecule has 12 unspecified atom stereocenters. The fraction of sp³-hybridized carbons (Fsp3) is 0.920. The summed E-state index contributed by atoms with van der Waals surface area (Å²) in [5, 5.41) is 52.1. The van der Waals surface area contributed by atoms with Crippen molar-refractivity contribution >= 4 is 11.7 Å². The number of hydrogen-bond donors (Lipinski definition) is 10. The number of aliphatic hydroxyl groups excluding tert-OH is 2.